The number of nitrogens with zero attached hydrogens (tertiary/aromatic N) is 5. The average molecular weight is 262 g/mol. The van der Waals surface area contributed by atoms with E-state index in [0.717, 1.165) is 18.8 Å². The van der Waals surface area contributed by atoms with Crippen molar-refractivity contribution in [3.8, 4) is 0 Å². The molecule has 104 valence electrons. The molecule has 19 heavy (non-hydrogen) atoms. The van der Waals surface area contributed by atoms with Crippen LogP contribution in [0.5, 0.6) is 0 Å². The van der Waals surface area contributed by atoms with E-state index in [9.17, 15) is 0 Å². The summed E-state index contributed by atoms with van der Waals surface area (Å²) >= 11 is 0. The third-order valence-electron chi connectivity index (χ3n) is 2.75. The topological polar surface area (TPSA) is 60.6 Å². The van der Waals surface area contributed by atoms with Crippen LogP contribution in [-0.4, -0.2) is 30.1 Å². The van der Waals surface area contributed by atoms with Crippen LogP contribution in [0.2, 0.25) is 0 Å². The van der Waals surface area contributed by atoms with Gasteiger partial charge in [0.2, 0.25) is 0 Å². The third-order valence-corrected chi connectivity index (χ3v) is 2.75. The second kappa shape index (κ2) is 5.52. The lowest BCUT2D eigenvalue weighted by molar-refractivity contribution is 0.416. The highest BCUT2D eigenvalue weighted by atomic mass is 15.3. The Morgan fingerprint density at radius 3 is 2.74 bits per heavy atom. The molecule has 6 nitrogen and oxygen atoms in total. The first-order valence-electron chi connectivity index (χ1n) is 6.53. The van der Waals surface area contributed by atoms with Crippen molar-refractivity contribution in [3.05, 3.63) is 30.1 Å². The summed E-state index contributed by atoms with van der Waals surface area (Å²) in [6, 6.07) is 0. The fraction of sp³-hybridized carbons (Fsp3) is 0.615. The maximum absolute atomic E-state index is 4.45. The summed E-state index contributed by atoms with van der Waals surface area (Å²) < 4.78 is 3.70. The van der Waals surface area contributed by atoms with E-state index >= 15 is 0 Å². The van der Waals surface area contributed by atoms with Crippen molar-refractivity contribution in [1.82, 2.24) is 29.9 Å². The Kier molecular flexibility index (Phi) is 3.99. The van der Waals surface area contributed by atoms with Gasteiger partial charge in [-0.15, -0.1) is 0 Å². The van der Waals surface area contributed by atoms with Crippen molar-refractivity contribution in [3.63, 3.8) is 0 Å². The predicted molar refractivity (Wildman–Crippen MR) is 73.5 cm³/mol. The molecule has 0 aromatic carbocycles. The molecule has 0 saturated heterocycles. The molecular formula is C13H22N6. The highest BCUT2D eigenvalue weighted by molar-refractivity contribution is 5.03. The van der Waals surface area contributed by atoms with Crippen LogP contribution in [0, 0.1) is 0 Å². The number of nitrogens with one attached hydrogen (secondary N) is 1. The monoisotopic (exact) mass is 262 g/mol. The SMILES string of the molecule is Cn1cc(CCn2cnc(CNC(C)(C)C)n2)cn1. The van der Waals surface area contributed by atoms with Gasteiger partial charge in [0.15, 0.2) is 5.82 Å². The van der Waals surface area contributed by atoms with E-state index in [0.29, 0.717) is 6.54 Å². The zero-order chi connectivity index (χ0) is 13.9. The van der Waals surface area contributed by atoms with Gasteiger partial charge >= 0.3 is 0 Å². The Morgan fingerprint density at radius 2 is 2.11 bits per heavy atom. The summed E-state index contributed by atoms with van der Waals surface area (Å²) in [4.78, 5) is 4.31. The average Bonchev–Trinajstić information content (AvgIpc) is 2.92. The molecule has 0 unspecified atom stereocenters. The van der Waals surface area contributed by atoms with Gasteiger partial charge in [0, 0.05) is 25.3 Å². The Balaban J connectivity index is 1.84. The van der Waals surface area contributed by atoms with Gasteiger partial charge in [-0.25, -0.2) is 4.98 Å². The molecule has 2 aromatic rings. The van der Waals surface area contributed by atoms with E-state index in [1.807, 2.05) is 28.8 Å². The number of hydrogen-bond acceptors (Lipinski definition) is 4. The number of aromatic nitrogens is 5. The van der Waals surface area contributed by atoms with Gasteiger partial charge in [-0.3, -0.25) is 9.36 Å². The van der Waals surface area contributed by atoms with Crippen LogP contribution in [-0.2, 0) is 26.6 Å². The molecule has 0 aliphatic heterocycles. The molecule has 2 aromatic heterocycles. The second-order valence-electron chi connectivity index (χ2n) is 5.80. The highest BCUT2D eigenvalue weighted by Gasteiger charge is 2.10. The van der Waals surface area contributed by atoms with E-state index in [1.165, 1.54) is 5.56 Å². The number of hydrogen-bond donors (Lipinski definition) is 1. The molecule has 1 N–H and O–H groups in total. The van der Waals surface area contributed by atoms with Gasteiger partial charge < -0.3 is 5.32 Å². The first kappa shape index (κ1) is 13.7. The van der Waals surface area contributed by atoms with E-state index < -0.39 is 0 Å². The van der Waals surface area contributed by atoms with Crippen LogP contribution < -0.4 is 5.32 Å². The van der Waals surface area contributed by atoms with Gasteiger partial charge in [0.05, 0.1) is 12.7 Å². The largest absolute Gasteiger partial charge is 0.305 e. The van der Waals surface area contributed by atoms with Crippen LogP contribution in [0.15, 0.2) is 18.7 Å². The Hall–Kier alpha value is -1.69. The van der Waals surface area contributed by atoms with Crippen LogP contribution in [0.4, 0.5) is 0 Å². The molecule has 0 fully saturated rings. The molecule has 0 aliphatic rings. The summed E-state index contributed by atoms with van der Waals surface area (Å²) in [5, 5.41) is 12.0. The standard InChI is InChI=1S/C13H22N6/c1-13(2,3)15-8-12-14-10-19(17-12)6-5-11-7-16-18(4)9-11/h7,9-10,15H,5-6,8H2,1-4H3. The smallest absolute Gasteiger partial charge is 0.164 e. The molecule has 2 rings (SSSR count). The van der Waals surface area contributed by atoms with Crippen LogP contribution in [0.25, 0.3) is 0 Å². The third kappa shape index (κ3) is 4.48. The van der Waals surface area contributed by atoms with E-state index in [1.54, 1.807) is 6.33 Å². The summed E-state index contributed by atoms with van der Waals surface area (Å²) in [7, 11) is 1.93. The highest BCUT2D eigenvalue weighted by Crippen LogP contribution is 2.02. The molecular weight excluding hydrogens is 240 g/mol. The number of aryl methyl sites for hydroxylation is 3. The minimum atomic E-state index is 0.0845. The van der Waals surface area contributed by atoms with Crippen molar-refractivity contribution in [1.29, 1.82) is 0 Å². The summed E-state index contributed by atoms with van der Waals surface area (Å²) in [5.74, 6) is 0.834. The van der Waals surface area contributed by atoms with Crippen LogP contribution >= 0.6 is 0 Å². The van der Waals surface area contributed by atoms with Crippen LogP contribution in [0.3, 0.4) is 0 Å². The minimum absolute atomic E-state index is 0.0845. The molecule has 0 saturated carbocycles. The molecule has 0 aliphatic carbocycles. The Labute approximate surface area is 113 Å². The maximum Gasteiger partial charge on any atom is 0.164 e. The lowest BCUT2D eigenvalue weighted by Gasteiger charge is -2.19. The molecule has 2 heterocycles. The minimum Gasteiger partial charge on any atom is -0.305 e. The zero-order valence-electron chi connectivity index (χ0n) is 12.1. The van der Waals surface area contributed by atoms with Gasteiger partial charge in [-0.05, 0) is 32.8 Å². The lowest BCUT2D eigenvalue weighted by atomic mass is 10.1. The quantitative estimate of drug-likeness (QED) is 0.878. The molecule has 0 spiro atoms. The summed E-state index contributed by atoms with van der Waals surface area (Å²) in [5.41, 5.74) is 1.30. The predicted octanol–water partition coefficient (Wildman–Crippen LogP) is 1.14. The summed E-state index contributed by atoms with van der Waals surface area (Å²) in [6.45, 7) is 7.92. The Morgan fingerprint density at radius 1 is 1.32 bits per heavy atom. The molecule has 0 atom stereocenters. The van der Waals surface area contributed by atoms with E-state index in [4.69, 9.17) is 0 Å². The number of rotatable bonds is 5. The van der Waals surface area contributed by atoms with Gasteiger partial charge in [-0.2, -0.15) is 10.2 Å². The maximum atomic E-state index is 4.45. The fourth-order valence-electron chi connectivity index (χ4n) is 1.71. The van der Waals surface area contributed by atoms with Crippen LogP contribution in [0.1, 0.15) is 32.2 Å². The van der Waals surface area contributed by atoms with E-state index in [-0.39, 0.29) is 5.54 Å². The van der Waals surface area contributed by atoms with Gasteiger partial charge in [0.25, 0.3) is 0 Å². The first-order valence-corrected chi connectivity index (χ1v) is 6.53. The zero-order valence-corrected chi connectivity index (χ0v) is 12.1. The fourth-order valence-corrected chi connectivity index (χ4v) is 1.71. The van der Waals surface area contributed by atoms with Crippen molar-refractivity contribution in [2.45, 2.75) is 45.8 Å². The van der Waals surface area contributed by atoms with Gasteiger partial charge in [0.1, 0.15) is 6.33 Å². The van der Waals surface area contributed by atoms with Crippen molar-refractivity contribution < 1.29 is 0 Å². The second-order valence-corrected chi connectivity index (χ2v) is 5.80. The molecule has 0 radical (unpaired) electrons. The summed E-state index contributed by atoms with van der Waals surface area (Å²) in [6.07, 6.45) is 6.62. The molecule has 6 heteroatoms. The van der Waals surface area contributed by atoms with Gasteiger partial charge in [-0.1, -0.05) is 0 Å². The molecule has 0 bridgehead atoms. The van der Waals surface area contributed by atoms with E-state index in [2.05, 4.69) is 41.3 Å². The Bertz CT molecular complexity index is 519. The molecule has 0 amide bonds. The lowest BCUT2D eigenvalue weighted by Crippen LogP contribution is -2.35. The van der Waals surface area contributed by atoms with Crippen molar-refractivity contribution in [2.24, 2.45) is 7.05 Å². The van der Waals surface area contributed by atoms with Crippen molar-refractivity contribution in [2.75, 3.05) is 0 Å². The first-order chi connectivity index (χ1) is 8.92. The van der Waals surface area contributed by atoms with Crippen molar-refractivity contribution >= 4 is 0 Å². The normalized spacial score (nSPS) is 12.0.